The fourth-order valence-corrected chi connectivity index (χ4v) is 7.73. The molecular weight excluding hydrogens is 1010 g/mol. The van der Waals surface area contributed by atoms with Crippen LogP contribution in [-0.4, -0.2) is 69.2 Å². The number of carbonyl (C=O) groups excluding carboxylic acids is 2. The van der Waals surface area contributed by atoms with Crippen LogP contribution >= 0.6 is 0 Å². The minimum absolute atomic E-state index is 0. The molecule has 6 aromatic carbocycles. The maximum absolute atomic E-state index is 14.2. The summed E-state index contributed by atoms with van der Waals surface area (Å²) in [4.78, 5) is 21.2. The summed E-state index contributed by atoms with van der Waals surface area (Å²) in [5.74, 6) is -1.17. The molecule has 0 unspecified atom stereocenters. The second-order valence-electron chi connectivity index (χ2n) is 20.6. The summed E-state index contributed by atoms with van der Waals surface area (Å²) in [5, 5.41) is 30.9. The molecule has 0 aliphatic carbocycles. The second-order valence-corrected chi connectivity index (χ2v) is 20.6. The molecule has 12 nitrogen and oxygen atoms in total. The van der Waals surface area contributed by atoms with Crippen LogP contribution in [0.15, 0.2) is 158 Å². The van der Waals surface area contributed by atoms with Gasteiger partial charge in [0, 0.05) is 47.0 Å². The summed E-state index contributed by atoms with van der Waals surface area (Å²) >= 11 is 0. The van der Waals surface area contributed by atoms with Crippen LogP contribution in [0.25, 0.3) is 0 Å². The molecule has 0 aliphatic rings. The van der Waals surface area contributed by atoms with E-state index in [1.807, 2.05) is 131 Å². The maximum atomic E-state index is 14.2. The number of ether oxygens (including phenoxy) is 4. The standard InChI is InChI=1S/2C31H33FN2O4.Ca/c2*1-31(2,3)28-18-29(38-21-23-7-5-4-6-8-23)34(33-28)19-22-9-11-24(12-10-22)20-37-26-15-13-25(27(32)17-26)14-16-30(35)36;/h2*4-13,15,17-18H,14,16,19-21H2,1-3H3,(H,35,36);/q;;+2/p-2. The number of hydrogen-bond donors (Lipinski definition) is 0. The van der Waals surface area contributed by atoms with Crippen molar-refractivity contribution in [3.05, 3.63) is 225 Å². The molecule has 8 aromatic rings. The van der Waals surface area contributed by atoms with Crippen LogP contribution in [0.2, 0.25) is 0 Å². The van der Waals surface area contributed by atoms with E-state index in [-0.39, 0.29) is 87.5 Å². The number of aromatic nitrogens is 4. The molecule has 77 heavy (non-hydrogen) atoms. The number of carboxylic acid groups (broad SMARTS) is 2. The van der Waals surface area contributed by atoms with Crippen molar-refractivity contribution in [2.24, 2.45) is 0 Å². The molecule has 0 spiro atoms. The molecule has 0 atom stereocenters. The van der Waals surface area contributed by atoms with Crippen molar-refractivity contribution in [1.82, 2.24) is 19.6 Å². The first kappa shape index (κ1) is 59.2. The first-order valence-corrected chi connectivity index (χ1v) is 25.2. The van der Waals surface area contributed by atoms with Gasteiger partial charge in [-0.15, -0.1) is 0 Å². The number of aryl methyl sites for hydroxylation is 2. The van der Waals surface area contributed by atoms with Crippen molar-refractivity contribution in [3.63, 3.8) is 0 Å². The SMILES string of the molecule is CC(C)(C)c1cc(OCc2ccccc2)n(Cc2ccc(COc3ccc(CCC(=O)[O-])c(F)c3)cc2)n1.CC(C)(C)c1cc(OCc2ccccc2)n(Cc2ccc(COc3ccc(CCC(=O)[O-])c(F)c3)cc2)n1.[Ca+2]. The summed E-state index contributed by atoms with van der Waals surface area (Å²) < 4.78 is 56.0. The first-order valence-electron chi connectivity index (χ1n) is 25.2. The van der Waals surface area contributed by atoms with Gasteiger partial charge in [0.15, 0.2) is 0 Å². The summed E-state index contributed by atoms with van der Waals surface area (Å²) in [6.07, 6.45) is -0.273. The van der Waals surface area contributed by atoms with Crippen LogP contribution in [0, 0.1) is 11.6 Å². The van der Waals surface area contributed by atoms with E-state index in [1.54, 1.807) is 24.3 Å². The van der Waals surface area contributed by atoms with Crippen LogP contribution < -0.4 is 29.2 Å². The fourth-order valence-electron chi connectivity index (χ4n) is 7.73. The monoisotopic (exact) mass is 1070 g/mol. The van der Waals surface area contributed by atoms with E-state index in [1.165, 1.54) is 12.1 Å². The van der Waals surface area contributed by atoms with Crippen molar-refractivity contribution in [1.29, 1.82) is 0 Å². The zero-order chi connectivity index (χ0) is 54.2. The van der Waals surface area contributed by atoms with Gasteiger partial charge in [0.25, 0.3) is 0 Å². The molecular formula is C62H64CaF2N4O8. The number of halogens is 2. The smallest absolute Gasteiger partial charge is 0.550 e. The van der Waals surface area contributed by atoms with Gasteiger partial charge >= 0.3 is 37.7 Å². The van der Waals surface area contributed by atoms with Crippen molar-refractivity contribution in [2.75, 3.05) is 0 Å². The van der Waals surface area contributed by atoms with E-state index in [9.17, 15) is 28.6 Å². The van der Waals surface area contributed by atoms with E-state index >= 15 is 0 Å². The molecule has 0 bridgehead atoms. The Bertz CT molecular complexity index is 2940. The third kappa shape index (κ3) is 18.6. The van der Waals surface area contributed by atoms with Crippen molar-refractivity contribution < 1.29 is 47.5 Å². The Labute approximate surface area is 479 Å². The average Bonchev–Trinajstić information content (AvgIpc) is 4.02. The van der Waals surface area contributed by atoms with E-state index in [2.05, 4.69) is 41.5 Å². The van der Waals surface area contributed by atoms with Crippen LogP contribution in [0.1, 0.15) is 110 Å². The summed E-state index contributed by atoms with van der Waals surface area (Å²) in [6.45, 7) is 15.4. The molecule has 0 radical (unpaired) electrons. The Kier molecular flexibility index (Phi) is 21.4. The van der Waals surface area contributed by atoms with Gasteiger partial charge in [-0.3, -0.25) is 0 Å². The maximum Gasteiger partial charge on any atom is 2.00 e. The molecule has 2 heterocycles. The molecule has 15 heteroatoms. The van der Waals surface area contributed by atoms with Crippen LogP contribution in [-0.2, 0) is 72.8 Å². The molecule has 0 saturated carbocycles. The minimum atomic E-state index is -1.20. The zero-order valence-corrected chi connectivity index (χ0v) is 46.8. The number of hydrogen-bond acceptors (Lipinski definition) is 10. The van der Waals surface area contributed by atoms with Crippen LogP contribution in [0.4, 0.5) is 8.78 Å². The van der Waals surface area contributed by atoms with Crippen LogP contribution in [0.5, 0.6) is 23.3 Å². The number of rotatable bonds is 22. The second kappa shape index (κ2) is 27.9. The summed E-state index contributed by atoms with van der Waals surface area (Å²) in [6, 6.07) is 49.0. The zero-order valence-electron chi connectivity index (χ0n) is 44.6. The number of aliphatic carboxylic acids is 2. The summed E-state index contributed by atoms with van der Waals surface area (Å²) in [7, 11) is 0. The van der Waals surface area contributed by atoms with E-state index in [0.717, 1.165) is 56.5 Å². The number of benzene rings is 6. The topological polar surface area (TPSA) is 153 Å². The van der Waals surface area contributed by atoms with Gasteiger partial charge < -0.3 is 38.7 Å². The van der Waals surface area contributed by atoms with Crippen molar-refractivity contribution in [3.8, 4) is 23.3 Å². The van der Waals surface area contributed by atoms with Gasteiger partial charge in [0.1, 0.15) is 49.6 Å². The number of nitrogens with zero attached hydrogens (tertiary/aromatic N) is 4. The molecule has 0 aliphatic heterocycles. The number of carboxylic acids is 2. The Morgan fingerprint density at radius 3 is 1.10 bits per heavy atom. The quantitative estimate of drug-likeness (QED) is 0.0600. The Morgan fingerprint density at radius 1 is 0.455 bits per heavy atom. The van der Waals surface area contributed by atoms with E-state index < -0.39 is 23.6 Å². The Hall–Kier alpha value is -7.00. The van der Waals surface area contributed by atoms with Gasteiger partial charge in [0.2, 0.25) is 11.8 Å². The summed E-state index contributed by atoms with van der Waals surface area (Å²) in [5.41, 5.74) is 8.53. The van der Waals surface area contributed by atoms with Gasteiger partial charge in [-0.25, -0.2) is 18.1 Å². The average molecular weight is 1070 g/mol. The molecule has 0 N–H and O–H groups in total. The molecule has 0 fully saturated rings. The van der Waals surface area contributed by atoms with Crippen LogP contribution in [0.3, 0.4) is 0 Å². The number of carbonyl (C=O) groups is 2. The largest absolute Gasteiger partial charge is 2.00 e. The van der Waals surface area contributed by atoms with Gasteiger partial charge in [-0.05, 0) is 82.3 Å². The fraction of sp³-hybridized carbons (Fsp3) is 0.290. The molecule has 396 valence electrons. The Balaban J connectivity index is 0.000000246. The normalized spacial score (nSPS) is 11.2. The third-order valence-corrected chi connectivity index (χ3v) is 12.2. The Morgan fingerprint density at radius 2 is 0.779 bits per heavy atom. The minimum Gasteiger partial charge on any atom is -0.550 e. The van der Waals surface area contributed by atoms with Crippen molar-refractivity contribution in [2.45, 2.75) is 118 Å². The third-order valence-electron chi connectivity index (χ3n) is 12.2. The first-order chi connectivity index (χ1) is 36.3. The van der Waals surface area contributed by atoms with Gasteiger partial charge in [-0.1, -0.05) is 163 Å². The molecule has 0 amide bonds. The molecule has 0 saturated heterocycles. The van der Waals surface area contributed by atoms with Gasteiger partial charge in [0.05, 0.1) is 24.5 Å². The predicted octanol–water partition coefficient (Wildman–Crippen LogP) is 10.0. The molecule has 8 rings (SSSR count). The molecule has 2 aromatic heterocycles. The van der Waals surface area contributed by atoms with Crippen molar-refractivity contribution >= 4 is 49.7 Å². The van der Waals surface area contributed by atoms with E-state index in [4.69, 9.17) is 29.1 Å². The van der Waals surface area contributed by atoms with Gasteiger partial charge in [-0.2, -0.15) is 10.2 Å². The van der Waals surface area contributed by atoms with E-state index in [0.29, 0.717) is 48.9 Å². The predicted molar refractivity (Wildman–Crippen MR) is 288 cm³/mol.